The predicted molar refractivity (Wildman–Crippen MR) is 148 cm³/mol. The van der Waals surface area contributed by atoms with E-state index in [-0.39, 0.29) is 22.3 Å². The summed E-state index contributed by atoms with van der Waals surface area (Å²) in [6, 6.07) is 5.73. The molecule has 0 saturated heterocycles. The average Bonchev–Trinajstić information content (AvgIpc) is 3.51. The van der Waals surface area contributed by atoms with Crippen molar-refractivity contribution >= 4 is 34.9 Å². The monoisotopic (exact) mass is 613 g/mol. The Bertz CT molecular complexity index is 1830. The van der Waals surface area contributed by atoms with Crippen molar-refractivity contribution in [1.82, 2.24) is 15.1 Å². The summed E-state index contributed by atoms with van der Waals surface area (Å²) in [5, 5.41) is 10.1. The van der Waals surface area contributed by atoms with Gasteiger partial charge in [0.1, 0.15) is 11.6 Å². The summed E-state index contributed by atoms with van der Waals surface area (Å²) < 4.78 is 70.7. The molecule has 0 spiro atoms. The molecule has 7 nitrogen and oxygen atoms in total. The van der Waals surface area contributed by atoms with Crippen LogP contribution in [-0.2, 0) is 12.6 Å². The number of aromatic nitrogens is 2. The molecule has 3 aliphatic rings. The maximum absolute atomic E-state index is 14.4. The summed E-state index contributed by atoms with van der Waals surface area (Å²) in [5.41, 5.74) is 1.52. The smallest absolute Gasteiger partial charge is 0.327 e. The van der Waals surface area contributed by atoms with Crippen LogP contribution in [-0.4, -0.2) is 28.3 Å². The maximum atomic E-state index is 14.4. The zero-order valence-corrected chi connectivity index (χ0v) is 22.9. The summed E-state index contributed by atoms with van der Waals surface area (Å²) in [6.07, 6.45) is 1.13. The van der Waals surface area contributed by atoms with Gasteiger partial charge in [0.05, 0.1) is 29.5 Å². The number of alkyl halides is 3. The van der Waals surface area contributed by atoms with Crippen LogP contribution in [0.15, 0.2) is 54.9 Å². The van der Waals surface area contributed by atoms with Crippen LogP contribution < -0.4 is 15.5 Å². The minimum Gasteiger partial charge on any atom is -0.327 e. The zero-order valence-electron chi connectivity index (χ0n) is 22.1. The fourth-order valence-corrected chi connectivity index (χ4v) is 6.04. The van der Waals surface area contributed by atoms with Gasteiger partial charge in [-0.2, -0.15) is 18.3 Å². The minimum atomic E-state index is -4.88. The van der Waals surface area contributed by atoms with Gasteiger partial charge in [0.15, 0.2) is 0 Å². The van der Waals surface area contributed by atoms with Crippen molar-refractivity contribution in [1.29, 1.82) is 0 Å². The molecule has 13 heteroatoms. The van der Waals surface area contributed by atoms with Crippen molar-refractivity contribution < 1.29 is 31.5 Å². The fraction of sp³-hybridized carbons (Fsp3) is 0.233. The van der Waals surface area contributed by atoms with E-state index in [0.717, 1.165) is 24.0 Å². The van der Waals surface area contributed by atoms with Crippen LogP contribution in [0.25, 0.3) is 11.1 Å². The Labute approximate surface area is 246 Å². The number of rotatable bonds is 5. The third-order valence-electron chi connectivity index (χ3n) is 7.94. The molecule has 220 valence electrons. The first-order valence-electron chi connectivity index (χ1n) is 13.4. The number of carbonyl (C=O) groups excluding carboxylic acids is 2. The maximum Gasteiger partial charge on any atom is 0.416 e. The van der Waals surface area contributed by atoms with Gasteiger partial charge in [-0.15, -0.1) is 0 Å². The van der Waals surface area contributed by atoms with Gasteiger partial charge < -0.3 is 10.6 Å². The molecule has 4 aromatic rings. The standard InChI is InChI=1S/C30H21ClF5N5O2/c31-23-4-1-17(32)10-22(23)26-25-24(38-28(42)14-7-16(30(34,35)36)9-18(33)8-14)11-21(15-12-37-41(13-15)19-2-3-19)20-5-6-40(27(20)25)29(43)39-26/h1,4,7-13,19,26H,2-3,5-6H2,(H,38,42)(H,39,43). The molecule has 0 radical (unpaired) electrons. The molecule has 7 rings (SSSR count). The molecule has 1 fully saturated rings. The number of anilines is 2. The Balaban J connectivity index is 1.42. The van der Waals surface area contributed by atoms with Crippen LogP contribution in [0.3, 0.4) is 0 Å². The summed E-state index contributed by atoms with van der Waals surface area (Å²) in [5.74, 6) is -2.85. The minimum absolute atomic E-state index is 0.132. The molecule has 1 aromatic heterocycles. The molecule has 1 atom stereocenters. The van der Waals surface area contributed by atoms with Crippen molar-refractivity contribution in [3.05, 3.63) is 99.3 Å². The van der Waals surface area contributed by atoms with Gasteiger partial charge in [-0.25, -0.2) is 13.6 Å². The Morgan fingerprint density at radius 2 is 1.86 bits per heavy atom. The van der Waals surface area contributed by atoms with Crippen LogP contribution in [0.2, 0.25) is 5.02 Å². The van der Waals surface area contributed by atoms with E-state index in [1.807, 2.05) is 10.9 Å². The number of halogens is 6. The van der Waals surface area contributed by atoms with Gasteiger partial charge in [0, 0.05) is 45.7 Å². The number of nitrogens with one attached hydrogen (secondary N) is 2. The third kappa shape index (κ3) is 4.79. The number of hydrogen-bond donors (Lipinski definition) is 2. The number of urea groups is 1. The van der Waals surface area contributed by atoms with Crippen molar-refractivity contribution in [2.45, 2.75) is 37.5 Å². The highest BCUT2D eigenvalue weighted by atomic mass is 35.5. The Morgan fingerprint density at radius 1 is 1.07 bits per heavy atom. The fourth-order valence-electron chi connectivity index (χ4n) is 5.82. The molecule has 0 bridgehead atoms. The van der Waals surface area contributed by atoms with Crippen LogP contribution in [0.1, 0.15) is 57.5 Å². The topological polar surface area (TPSA) is 79.3 Å². The highest BCUT2D eigenvalue weighted by molar-refractivity contribution is 6.31. The largest absolute Gasteiger partial charge is 0.416 e. The van der Waals surface area contributed by atoms with Crippen LogP contribution >= 0.6 is 11.6 Å². The zero-order chi connectivity index (χ0) is 30.2. The second-order valence-electron chi connectivity index (χ2n) is 10.8. The molecule has 3 heterocycles. The second-order valence-corrected chi connectivity index (χ2v) is 11.2. The second kappa shape index (κ2) is 9.80. The molecule has 43 heavy (non-hydrogen) atoms. The van der Waals surface area contributed by atoms with Gasteiger partial charge in [0.25, 0.3) is 5.91 Å². The first-order valence-corrected chi connectivity index (χ1v) is 13.8. The van der Waals surface area contributed by atoms with E-state index in [1.165, 1.54) is 23.1 Å². The summed E-state index contributed by atoms with van der Waals surface area (Å²) in [7, 11) is 0. The SMILES string of the molecule is O=C(Nc1cc(-c2cnn(C3CC3)c2)c2c3c1C(c1cc(F)ccc1Cl)NC(=O)N3CC2)c1cc(F)cc(C(F)(F)F)c1. The quantitative estimate of drug-likeness (QED) is 0.233. The van der Waals surface area contributed by atoms with E-state index in [0.29, 0.717) is 48.0 Å². The lowest BCUT2D eigenvalue weighted by Gasteiger charge is -2.35. The van der Waals surface area contributed by atoms with Crippen molar-refractivity contribution in [3.63, 3.8) is 0 Å². The van der Waals surface area contributed by atoms with Crippen molar-refractivity contribution in [3.8, 4) is 11.1 Å². The van der Waals surface area contributed by atoms with E-state index in [9.17, 15) is 31.5 Å². The molecular weight excluding hydrogens is 593 g/mol. The van der Waals surface area contributed by atoms with E-state index < -0.39 is 46.9 Å². The molecule has 3 aromatic carbocycles. The van der Waals surface area contributed by atoms with Gasteiger partial charge >= 0.3 is 12.2 Å². The van der Waals surface area contributed by atoms with E-state index in [1.54, 1.807) is 12.3 Å². The number of nitrogens with zero attached hydrogens (tertiary/aromatic N) is 3. The summed E-state index contributed by atoms with van der Waals surface area (Å²) in [4.78, 5) is 28.2. The number of hydrogen-bond acceptors (Lipinski definition) is 3. The number of benzene rings is 3. The predicted octanol–water partition coefficient (Wildman–Crippen LogP) is 7.26. The molecule has 2 aliphatic heterocycles. The molecule has 3 amide bonds. The highest BCUT2D eigenvalue weighted by Crippen LogP contribution is 2.50. The lowest BCUT2D eigenvalue weighted by molar-refractivity contribution is -0.137. The molecule has 1 unspecified atom stereocenters. The van der Waals surface area contributed by atoms with E-state index in [4.69, 9.17) is 11.6 Å². The number of amides is 3. The van der Waals surface area contributed by atoms with Gasteiger partial charge in [-0.3, -0.25) is 14.4 Å². The van der Waals surface area contributed by atoms with Gasteiger partial charge in [-0.1, -0.05) is 11.6 Å². The lowest BCUT2D eigenvalue weighted by Crippen LogP contribution is -2.46. The molecular formula is C30H21ClF5N5O2. The third-order valence-corrected chi connectivity index (χ3v) is 8.28. The first kappa shape index (κ1) is 27.4. The van der Waals surface area contributed by atoms with E-state index >= 15 is 0 Å². The van der Waals surface area contributed by atoms with Crippen LogP contribution in [0, 0.1) is 11.6 Å². The molecule has 2 N–H and O–H groups in total. The van der Waals surface area contributed by atoms with Gasteiger partial charge in [0.2, 0.25) is 0 Å². The summed E-state index contributed by atoms with van der Waals surface area (Å²) >= 11 is 6.45. The van der Waals surface area contributed by atoms with E-state index in [2.05, 4.69) is 15.7 Å². The van der Waals surface area contributed by atoms with Gasteiger partial charge in [-0.05, 0) is 72.9 Å². The molecule has 1 aliphatic carbocycles. The van der Waals surface area contributed by atoms with Crippen LogP contribution in [0.5, 0.6) is 0 Å². The Hall–Kier alpha value is -4.45. The average molecular weight is 614 g/mol. The van der Waals surface area contributed by atoms with Crippen LogP contribution in [0.4, 0.5) is 38.1 Å². The van der Waals surface area contributed by atoms with Crippen molar-refractivity contribution in [2.24, 2.45) is 0 Å². The number of carbonyl (C=O) groups is 2. The van der Waals surface area contributed by atoms with Crippen molar-refractivity contribution in [2.75, 3.05) is 16.8 Å². The molecule has 1 saturated carbocycles. The Kier molecular flexibility index (Phi) is 6.24. The first-order chi connectivity index (χ1) is 20.5. The normalized spacial score (nSPS) is 17.6. The Morgan fingerprint density at radius 3 is 2.60 bits per heavy atom. The lowest BCUT2D eigenvalue weighted by atomic mass is 9.88. The summed E-state index contributed by atoms with van der Waals surface area (Å²) in [6.45, 7) is 0.317. The highest BCUT2D eigenvalue weighted by Gasteiger charge is 2.41.